The molecule has 2 fully saturated rings. The van der Waals surface area contributed by atoms with E-state index in [0.717, 1.165) is 42.8 Å². The van der Waals surface area contributed by atoms with Gasteiger partial charge in [0.1, 0.15) is 4.88 Å². The normalized spacial score (nSPS) is 20.6. The predicted octanol–water partition coefficient (Wildman–Crippen LogP) is 3.24. The van der Waals surface area contributed by atoms with Gasteiger partial charge in [0.15, 0.2) is 0 Å². The molecule has 3 rings (SSSR count). The highest BCUT2D eigenvalue weighted by atomic mass is 32.1. The van der Waals surface area contributed by atoms with Crippen LogP contribution in [0, 0.1) is 6.92 Å². The van der Waals surface area contributed by atoms with E-state index in [1.54, 1.807) is 0 Å². The van der Waals surface area contributed by atoms with Crippen molar-refractivity contribution in [1.29, 1.82) is 0 Å². The van der Waals surface area contributed by atoms with Crippen LogP contribution in [0.5, 0.6) is 0 Å². The highest BCUT2D eigenvalue weighted by Gasteiger charge is 2.41. The van der Waals surface area contributed by atoms with Gasteiger partial charge in [0.2, 0.25) is 0 Å². The largest absolute Gasteiger partial charge is 0.481 e. The number of hydrogen-bond acceptors (Lipinski definition) is 4. The van der Waals surface area contributed by atoms with Gasteiger partial charge in [-0.2, -0.15) is 0 Å². The maximum absolute atomic E-state index is 12.5. The predicted molar refractivity (Wildman–Crippen MR) is 84.4 cm³/mol. The molecule has 1 aromatic rings. The van der Waals surface area contributed by atoms with Gasteiger partial charge in [-0.3, -0.25) is 9.59 Å². The van der Waals surface area contributed by atoms with Crippen LogP contribution < -0.4 is 5.32 Å². The van der Waals surface area contributed by atoms with E-state index in [0.29, 0.717) is 10.8 Å². The fourth-order valence-corrected chi connectivity index (χ4v) is 4.64. The molecule has 0 unspecified atom stereocenters. The molecule has 0 atom stereocenters. The number of amides is 1. The molecule has 0 aromatic carbocycles. The van der Waals surface area contributed by atoms with Crippen LogP contribution in [0.4, 0.5) is 0 Å². The Morgan fingerprint density at radius 1 is 1.32 bits per heavy atom. The van der Waals surface area contributed by atoms with Crippen molar-refractivity contribution in [3.05, 3.63) is 15.6 Å². The molecule has 0 bridgehead atoms. The molecule has 2 aliphatic rings. The molecule has 1 amide bonds. The van der Waals surface area contributed by atoms with Gasteiger partial charge in [0.25, 0.3) is 5.91 Å². The molecule has 2 aliphatic carbocycles. The maximum Gasteiger partial charge on any atom is 0.305 e. The molecular weight excluding hydrogens is 300 g/mol. The Morgan fingerprint density at radius 2 is 2.00 bits per heavy atom. The molecule has 1 aromatic heterocycles. The molecule has 0 radical (unpaired) electrons. The molecule has 0 spiro atoms. The molecule has 6 heteroatoms. The van der Waals surface area contributed by atoms with Crippen LogP contribution in [-0.2, 0) is 4.79 Å². The van der Waals surface area contributed by atoms with Crippen molar-refractivity contribution >= 4 is 23.2 Å². The summed E-state index contributed by atoms with van der Waals surface area (Å²) in [5.74, 6) is -0.505. The van der Waals surface area contributed by atoms with E-state index in [4.69, 9.17) is 5.11 Å². The number of carbonyl (C=O) groups excluding carboxylic acids is 1. The van der Waals surface area contributed by atoms with Crippen LogP contribution in [0.15, 0.2) is 0 Å². The molecule has 1 heterocycles. The smallest absolute Gasteiger partial charge is 0.305 e. The first-order chi connectivity index (χ1) is 10.5. The number of thiazole rings is 1. The summed E-state index contributed by atoms with van der Waals surface area (Å²) < 4.78 is 0. The summed E-state index contributed by atoms with van der Waals surface area (Å²) in [5.41, 5.74) is 0.224. The number of carbonyl (C=O) groups is 2. The molecule has 5 nitrogen and oxygen atoms in total. The van der Waals surface area contributed by atoms with Crippen LogP contribution in [0.3, 0.4) is 0 Å². The Kier molecular flexibility index (Phi) is 4.21. The van der Waals surface area contributed by atoms with Crippen molar-refractivity contribution in [1.82, 2.24) is 10.3 Å². The molecule has 2 saturated carbocycles. The summed E-state index contributed by atoms with van der Waals surface area (Å²) in [6.45, 7) is 1.87. The Balaban J connectivity index is 1.73. The van der Waals surface area contributed by atoms with Crippen LogP contribution in [-0.4, -0.2) is 27.5 Å². The van der Waals surface area contributed by atoms with E-state index in [1.807, 2.05) is 6.92 Å². The van der Waals surface area contributed by atoms with E-state index in [-0.39, 0.29) is 12.3 Å². The highest BCUT2D eigenvalue weighted by molar-refractivity contribution is 7.13. The summed E-state index contributed by atoms with van der Waals surface area (Å²) in [6.07, 6.45) is 7.29. The Labute approximate surface area is 134 Å². The van der Waals surface area contributed by atoms with Gasteiger partial charge in [-0.25, -0.2) is 4.98 Å². The first kappa shape index (κ1) is 15.5. The van der Waals surface area contributed by atoms with Crippen LogP contribution in [0.25, 0.3) is 0 Å². The zero-order valence-corrected chi connectivity index (χ0v) is 13.7. The number of aromatic nitrogens is 1. The van der Waals surface area contributed by atoms with E-state index in [9.17, 15) is 9.59 Å². The van der Waals surface area contributed by atoms with Crippen LogP contribution in [0.1, 0.15) is 77.7 Å². The number of carboxylic acid groups (broad SMARTS) is 1. The first-order valence-corrected chi connectivity index (χ1v) is 8.82. The molecular formula is C16H22N2O3S. The number of aliphatic carboxylic acids is 1. The highest BCUT2D eigenvalue weighted by Crippen LogP contribution is 2.38. The Morgan fingerprint density at radius 3 is 2.55 bits per heavy atom. The summed E-state index contributed by atoms with van der Waals surface area (Å²) in [7, 11) is 0. The monoisotopic (exact) mass is 322 g/mol. The van der Waals surface area contributed by atoms with E-state index >= 15 is 0 Å². The first-order valence-electron chi connectivity index (χ1n) is 8.01. The number of nitrogens with zero attached hydrogens (tertiary/aromatic N) is 1. The second-order valence-corrected chi connectivity index (χ2v) is 7.64. The lowest BCUT2D eigenvalue weighted by atomic mass is 9.74. The zero-order chi connectivity index (χ0) is 15.7. The molecule has 120 valence electrons. The summed E-state index contributed by atoms with van der Waals surface area (Å²) in [5, 5.41) is 13.1. The van der Waals surface area contributed by atoms with Crippen molar-refractivity contribution in [3.63, 3.8) is 0 Å². The van der Waals surface area contributed by atoms with E-state index < -0.39 is 11.5 Å². The molecule has 0 aliphatic heterocycles. The van der Waals surface area contributed by atoms with Gasteiger partial charge in [0, 0.05) is 5.92 Å². The lowest BCUT2D eigenvalue weighted by Crippen LogP contribution is -2.54. The van der Waals surface area contributed by atoms with Gasteiger partial charge >= 0.3 is 5.97 Å². The lowest BCUT2D eigenvalue weighted by molar-refractivity contribution is -0.139. The summed E-state index contributed by atoms with van der Waals surface area (Å²) in [4.78, 5) is 28.8. The van der Waals surface area contributed by atoms with Crippen LogP contribution >= 0.6 is 11.3 Å². The van der Waals surface area contributed by atoms with E-state index in [1.165, 1.54) is 24.2 Å². The third-order valence-corrected chi connectivity index (χ3v) is 6.22. The molecule has 0 saturated heterocycles. The van der Waals surface area contributed by atoms with Gasteiger partial charge in [-0.15, -0.1) is 11.3 Å². The second kappa shape index (κ2) is 5.99. The van der Waals surface area contributed by atoms with Crippen molar-refractivity contribution in [2.24, 2.45) is 0 Å². The van der Waals surface area contributed by atoms with Crippen molar-refractivity contribution in [3.8, 4) is 0 Å². The summed E-state index contributed by atoms with van der Waals surface area (Å²) >= 11 is 1.49. The lowest BCUT2D eigenvalue weighted by Gasteiger charge is -2.41. The van der Waals surface area contributed by atoms with Crippen molar-refractivity contribution < 1.29 is 14.7 Å². The zero-order valence-electron chi connectivity index (χ0n) is 12.9. The minimum Gasteiger partial charge on any atom is -0.481 e. The Bertz CT molecular complexity index is 586. The topological polar surface area (TPSA) is 79.3 Å². The van der Waals surface area contributed by atoms with Crippen molar-refractivity contribution in [2.45, 2.75) is 69.7 Å². The standard InChI is InChI=1S/C16H22N2O3S/c1-10-13(22-15(17-10)11-5-2-3-6-11)14(21)18-16(7-4-8-16)9-12(19)20/h11H,2-9H2,1H3,(H,18,21)(H,19,20). The van der Waals surface area contributed by atoms with Crippen LogP contribution in [0.2, 0.25) is 0 Å². The van der Waals surface area contributed by atoms with Gasteiger partial charge in [-0.05, 0) is 39.0 Å². The number of hydrogen-bond donors (Lipinski definition) is 2. The third-order valence-electron chi connectivity index (χ3n) is 4.90. The van der Waals surface area contributed by atoms with Gasteiger partial charge in [0.05, 0.1) is 22.7 Å². The van der Waals surface area contributed by atoms with Gasteiger partial charge < -0.3 is 10.4 Å². The third kappa shape index (κ3) is 3.02. The van der Waals surface area contributed by atoms with E-state index in [2.05, 4.69) is 10.3 Å². The summed E-state index contributed by atoms with van der Waals surface area (Å²) in [6, 6.07) is 0. The number of aryl methyl sites for hydroxylation is 1. The van der Waals surface area contributed by atoms with Crippen molar-refractivity contribution in [2.75, 3.05) is 0 Å². The fourth-order valence-electron chi connectivity index (χ4n) is 3.51. The quantitative estimate of drug-likeness (QED) is 0.872. The average molecular weight is 322 g/mol. The number of rotatable bonds is 5. The number of carboxylic acids is 1. The SMILES string of the molecule is Cc1nc(C2CCCC2)sc1C(=O)NC1(CC(=O)O)CCC1. The minimum atomic E-state index is -0.854. The van der Waals surface area contributed by atoms with Gasteiger partial charge in [-0.1, -0.05) is 12.8 Å². The Hall–Kier alpha value is -1.43. The second-order valence-electron chi connectivity index (χ2n) is 6.61. The average Bonchev–Trinajstić information content (AvgIpc) is 3.04. The molecule has 22 heavy (non-hydrogen) atoms. The number of nitrogens with one attached hydrogen (secondary N) is 1. The maximum atomic E-state index is 12.5. The minimum absolute atomic E-state index is 0.00603. The molecule has 2 N–H and O–H groups in total. The fraction of sp³-hybridized carbons (Fsp3) is 0.688.